The third kappa shape index (κ3) is 2.54. The quantitative estimate of drug-likeness (QED) is 0.784. The lowest BCUT2D eigenvalue weighted by Crippen LogP contribution is -2.50. The van der Waals surface area contributed by atoms with Gasteiger partial charge in [-0.3, -0.25) is 9.69 Å². The van der Waals surface area contributed by atoms with Crippen molar-refractivity contribution >= 4 is 5.91 Å². The first-order chi connectivity index (χ1) is 8.84. The molecule has 102 valence electrons. The van der Waals surface area contributed by atoms with E-state index in [1.807, 2.05) is 0 Å². The lowest BCUT2D eigenvalue weighted by Gasteiger charge is -2.38. The molecular formula is C14H25N3O. The van der Waals surface area contributed by atoms with E-state index in [4.69, 9.17) is 0 Å². The van der Waals surface area contributed by atoms with Crippen molar-refractivity contribution in [3.8, 4) is 0 Å². The normalized spacial score (nSPS) is 33.4. The molecule has 3 heterocycles. The monoisotopic (exact) mass is 251 g/mol. The number of carbonyl (C=O) groups excluding carboxylic acids is 1. The predicted octanol–water partition coefficient (Wildman–Crippen LogP) is 0.683. The van der Waals surface area contributed by atoms with Crippen LogP contribution in [0.3, 0.4) is 0 Å². The molecule has 0 aromatic rings. The Morgan fingerprint density at radius 1 is 1.06 bits per heavy atom. The molecule has 0 aromatic carbocycles. The van der Waals surface area contributed by atoms with Crippen LogP contribution in [0.2, 0.25) is 0 Å². The minimum atomic E-state index is 0.363. The van der Waals surface area contributed by atoms with Crippen molar-refractivity contribution in [3.05, 3.63) is 0 Å². The summed E-state index contributed by atoms with van der Waals surface area (Å²) in [5, 5.41) is 3.48. The molecule has 0 aromatic heterocycles. The first-order valence-electron chi connectivity index (χ1n) is 7.57. The maximum absolute atomic E-state index is 12.3. The second-order valence-corrected chi connectivity index (χ2v) is 6.04. The molecule has 2 unspecified atom stereocenters. The summed E-state index contributed by atoms with van der Waals surface area (Å²) in [6, 6.07) is 0.618. The second-order valence-electron chi connectivity index (χ2n) is 6.04. The van der Waals surface area contributed by atoms with E-state index in [2.05, 4.69) is 15.1 Å². The van der Waals surface area contributed by atoms with Crippen LogP contribution in [-0.2, 0) is 4.79 Å². The third-order valence-corrected chi connectivity index (χ3v) is 4.84. The van der Waals surface area contributed by atoms with Gasteiger partial charge in [-0.25, -0.2) is 0 Å². The average Bonchev–Trinajstić information content (AvgIpc) is 2.89. The lowest BCUT2D eigenvalue weighted by atomic mass is 9.92. The summed E-state index contributed by atoms with van der Waals surface area (Å²) in [4.78, 5) is 16.8. The van der Waals surface area contributed by atoms with Gasteiger partial charge < -0.3 is 10.2 Å². The van der Waals surface area contributed by atoms with Gasteiger partial charge >= 0.3 is 0 Å². The number of hydrogen-bond donors (Lipinski definition) is 1. The van der Waals surface area contributed by atoms with Crippen LogP contribution in [0.4, 0.5) is 0 Å². The molecule has 0 radical (unpaired) electrons. The van der Waals surface area contributed by atoms with E-state index in [0.29, 0.717) is 18.5 Å². The van der Waals surface area contributed by atoms with Crippen molar-refractivity contribution in [1.29, 1.82) is 0 Å². The van der Waals surface area contributed by atoms with E-state index in [0.717, 1.165) is 38.6 Å². The summed E-state index contributed by atoms with van der Waals surface area (Å²) in [6.45, 7) is 5.97. The molecule has 2 atom stereocenters. The van der Waals surface area contributed by atoms with Gasteiger partial charge in [0.15, 0.2) is 0 Å². The molecule has 18 heavy (non-hydrogen) atoms. The van der Waals surface area contributed by atoms with Gasteiger partial charge in [0.1, 0.15) is 0 Å². The fraction of sp³-hybridized carbons (Fsp3) is 0.929. The summed E-state index contributed by atoms with van der Waals surface area (Å²) < 4.78 is 0. The van der Waals surface area contributed by atoms with Crippen LogP contribution in [0.15, 0.2) is 0 Å². The van der Waals surface area contributed by atoms with Crippen LogP contribution in [0.25, 0.3) is 0 Å². The van der Waals surface area contributed by atoms with Crippen molar-refractivity contribution < 1.29 is 4.79 Å². The minimum absolute atomic E-state index is 0.363. The van der Waals surface area contributed by atoms with E-state index in [-0.39, 0.29) is 0 Å². The standard InChI is InChI=1S/C14H25N3O/c18-14(16-6-2-1-3-7-16)11-17-8-4-5-12-9-15-10-13(12)17/h12-13,15H,1-11H2. The molecule has 1 amide bonds. The Hall–Kier alpha value is -0.610. The van der Waals surface area contributed by atoms with Gasteiger partial charge in [-0.1, -0.05) is 0 Å². The maximum Gasteiger partial charge on any atom is 0.236 e. The maximum atomic E-state index is 12.3. The van der Waals surface area contributed by atoms with Gasteiger partial charge in [0.05, 0.1) is 6.54 Å². The van der Waals surface area contributed by atoms with Gasteiger partial charge in [0.2, 0.25) is 5.91 Å². The summed E-state index contributed by atoms with van der Waals surface area (Å²) >= 11 is 0. The van der Waals surface area contributed by atoms with Crippen LogP contribution in [-0.4, -0.2) is 61.0 Å². The number of carbonyl (C=O) groups is 1. The Bertz CT molecular complexity index is 301. The Morgan fingerprint density at radius 2 is 1.89 bits per heavy atom. The van der Waals surface area contributed by atoms with E-state index in [9.17, 15) is 4.79 Å². The molecule has 3 fully saturated rings. The van der Waals surface area contributed by atoms with Crippen LogP contribution in [0.5, 0.6) is 0 Å². The highest BCUT2D eigenvalue weighted by Gasteiger charge is 2.36. The average molecular weight is 251 g/mol. The third-order valence-electron chi connectivity index (χ3n) is 4.84. The van der Waals surface area contributed by atoms with Crippen molar-refractivity contribution in [3.63, 3.8) is 0 Å². The number of likely N-dealkylation sites (tertiary alicyclic amines) is 2. The summed E-state index contributed by atoms with van der Waals surface area (Å²) in [5.41, 5.74) is 0. The number of fused-ring (bicyclic) bond motifs is 1. The largest absolute Gasteiger partial charge is 0.342 e. The van der Waals surface area contributed by atoms with Crippen molar-refractivity contribution in [2.75, 3.05) is 39.3 Å². The number of rotatable bonds is 2. The zero-order valence-corrected chi connectivity index (χ0v) is 11.2. The van der Waals surface area contributed by atoms with Crippen LogP contribution < -0.4 is 5.32 Å². The molecule has 0 bridgehead atoms. The number of piperidine rings is 2. The molecule has 3 aliphatic rings. The van der Waals surface area contributed by atoms with Crippen LogP contribution in [0, 0.1) is 5.92 Å². The zero-order chi connectivity index (χ0) is 12.4. The summed E-state index contributed by atoms with van der Waals surface area (Å²) in [7, 11) is 0. The van der Waals surface area contributed by atoms with Crippen molar-refractivity contribution in [1.82, 2.24) is 15.1 Å². The molecule has 1 N–H and O–H groups in total. The number of amides is 1. The van der Waals surface area contributed by atoms with Gasteiger partial charge in [-0.05, 0) is 51.1 Å². The number of hydrogen-bond acceptors (Lipinski definition) is 3. The first kappa shape index (κ1) is 12.4. The number of nitrogens with zero attached hydrogens (tertiary/aromatic N) is 2. The van der Waals surface area contributed by atoms with Crippen molar-refractivity contribution in [2.24, 2.45) is 5.92 Å². The van der Waals surface area contributed by atoms with E-state index >= 15 is 0 Å². The Labute approximate surface area is 110 Å². The van der Waals surface area contributed by atoms with Crippen LogP contribution in [0.1, 0.15) is 32.1 Å². The molecular weight excluding hydrogens is 226 g/mol. The molecule has 0 aliphatic carbocycles. The molecule has 0 spiro atoms. The molecule has 4 nitrogen and oxygen atoms in total. The van der Waals surface area contributed by atoms with E-state index < -0.39 is 0 Å². The predicted molar refractivity (Wildman–Crippen MR) is 71.4 cm³/mol. The highest BCUT2D eigenvalue weighted by molar-refractivity contribution is 5.78. The molecule has 3 aliphatic heterocycles. The Balaban J connectivity index is 1.56. The molecule has 3 rings (SSSR count). The van der Waals surface area contributed by atoms with Gasteiger partial charge in [-0.15, -0.1) is 0 Å². The topological polar surface area (TPSA) is 35.6 Å². The SMILES string of the molecule is O=C(CN1CCCC2CNCC21)N1CCCCC1. The fourth-order valence-electron chi connectivity index (χ4n) is 3.78. The summed E-state index contributed by atoms with van der Waals surface area (Å²) in [6.07, 6.45) is 6.28. The number of nitrogens with one attached hydrogen (secondary N) is 1. The van der Waals surface area contributed by atoms with Gasteiger partial charge in [-0.2, -0.15) is 0 Å². The fourth-order valence-corrected chi connectivity index (χ4v) is 3.78. The molecule has 0 saturated carbocycles. The smallest absolute Gasteiger partial charge is 0.236 e. The highest BCUT2D eigenvalue weighted by Crippen LogP contribution is 2.26. The Kier molecular flexibility index (Phi) is 3.85. The molecule has 4 heteroatoms. The van der Waals surface area contributed by atoms with E-state index in [1.165, 1.54) is 32.1 Å². The Morgan fingerprint density at radius 3 is 2.72 bits per heavy atom. The molecule has 3 saturated heterocycles. The van der Waals surface area contributed by atoms with Gasteiger partial charge in [0.25, 0.3) is 0 Å². The van der Waals surface area contributed by atoms with Gasteiger partial charge in [0, 0.05) is 25.7 Å². The minimum Gasteiger partial charge on any atom is -0.342 e. The summed E-state index contributed by atoms with van der Waals surface area (Å²) in [5.74, 6) is 1.15. The second kappa shape index (κ2) is 5.57. The highest BCUT2D eigenvalue weighted by atomic mass is 16.2. The van der Waals surface area contributed by atoms with Crippen LogP contribution >= 0.6 is 0 Å². The van der Waals surface area contributed by atoms with E-state index in [1.54, 1.807) is 0 Å². The first-order valence-corrected chi connectivity index (χ1v) is 7.57. The zero-order valence-electron chi connectivity index (χ0n) is 11.2. The lowest BCUT2D eigenvalue weighted by molar-refractivity contribution is -0.134. The van der Waals surface area contributed by atoms with Crippen molar-refractivity contribution in [2.45, 2.75) is 38.1 Å².